The van der Waals surface area contributed by atoms with Crippen LogP contribution < -0.4 is 0 Å². The van der Waals surface area contributed by atoms with E-state index in [4.69, 9.17) is 5.11 Å². The number of allylic oxidation sites excluding steroid dienone is 2. The molecule has 0 saturated heterocycles. The highest BCUT2D eigenvalue weighted by atomic mass is 16.4. The zero-order chi connectivity index (χ0) is 10.6. The molecule has 2 N–H and O–H groups in total. The van der Waals surface area contributed by atoms with Crippen LogP contribution in [0.15, 0.2) is 11.8 Å². The number of rotatable bonds is 3. The smallest absolute Gasteiger partial charge is 0.311 e. The van der Waals surface area contributed by atoms with Crippen molar-refractivity contribution in [1.82, 2.24) is 0 Å². The summed E-state index contributed by atoms with van der Waals surface area (Å²) in [6.45, 7) is 5.19. The average molecular weight is 186 g/mol. The van der Waals surface area contributed by atoms with Crippen LogP contribution in [0.4, 0.5) is 0 Å². The molecule has 0 unspecified atom stereocenters. The van der Waals surface area contributed by atoms with Gasteiger partial charge in [0.05, 0.1) is 0 Å². The number of hydrogen-bond donors (Lipinski definition) is 2. The van der Waals surface area contributed by atoms with E-state index < -0.39 is 23.6 Å². The third-order valence-electron chi connectivity index (χ3n) is 1.39. The van der Waals surface area contributed by atoms with Crippen molar-refractivity contribution < 1.29 is 19.8 Å². The molecule has 0 aromatic carbocycles. The van der Waals surface area contributed by atoms with Crippen LogP contribution in [0.1, 0.15) is 27.2 Å². The summed E-state index contributed by atoms with van der Waals surface area (Å²) in [7, 11) is 0. The minimum atomic E-state index is -1.19. The molecular weight excluding hydrogens is 172 g/mol. The molecule has 0 atom stereocenters. The van der Waals surface area contributed by atoms with Gasteiger partial charge in [0, 0.05) is 11.5 Å². The number of hydrogen-bond acceptors (Lipinski definition) is 3. The van der Waals surface area contributed by atoms with E-state index in [9.17, 15) is 14.7 Å². The molecule has 0 aromatic heterocycles. The zero-order valence-electron chi connectivity index (χ0n) is 8.00. The predicted octanol–water partition coefficient (Wildman–Crippen LogP) is 1.52. The first-order valence-corrected chi connectivity index (χ1v) is 3.89. The van der Waals surface area contributed by atoms with Crippen molar-refractivity contribution in [3.05, 3.63) is 11.8 Å². The van der Waals surface area contributed by atoms with Crippen LogP contribution in [-0.4, -0.2) is 22.0 Å². The lowest BCUT2D eigenvalue weighted by atomic mass is 9.93. The molecule has 0 radical (unpaired) electrons. The molecule has 0 heterocycles. The molecule has 0 fully saturated rings. The van der Waals surface area contributed by atoms with Crippen molar-refractivity contribution in [2.24, 2.45) is 5.41 Å². The van der Waals surface area contributed by atoms with Crippen LogP contribution in [0.2, 0.25) is 0 Å². The van der Waals surface area contributed by atoms with Crippen LogP contribution in [-0.2, 0) is 9.59 Å². The first-order chi connectivity index (χ1) is 5.73. The van der Waals surface area contributed by atoms with Gasteiger partial charge in [-0.25, -0.2) is 0 Å². The molecule has 0 spiro atoms. The third kappa shape index (κ3) is 5.00. The Morgan fingerprint density at radius 3 is 2.00 bits per heavy atom. The summed E-state index contributed by atoms with van der Waals surface area (Å²) in [5.74, 6) is -1.89. The van der Waals surface area contributed by atoms with Gasteiger partial charge in [0.25, 0.3) is 0 Å². The van der Waals surface area contributed by atoms with Gasteiger partial charge in [0.1, 0.15) is 12.2 Å². The maximum Gasteiger partial charge on any atom is 0.311 e. The van der Waals surface area contributed by atoms with Gasteiger partial charge in [-0.05, 0) is 0 Å². The number of aliphatic carboxylic acids is 1. The number of aliphatic hydroxyl groups is 1. The summed E-state index contributed by atoms with van der Waals surface area (Å²) in [6.07, 6.45) is 0.383. The molecule has 0 amide bonds. The number of aliphatic hydroxyl groups excluding tert-OH is 1. The van der Waals surface area contributed by atoms with Crippen molar-refractivity contribution >= 4 is 11.8 Å². The van der Waals surface area contributed by atoms with E-state index in [1.54, 1.807) is 20.8 Å². The molecule has 13 heavy (non-hydrogen) atoms. The second-order valence-electron chi connectivity index (χ2n) is 3.82. The first kappa shape index (κ1) is 11.7. The fourth-order valence-electron chi connectivity index (χ4n) is 0.569. The maximum absolute atomic E-state index is 10.9. The fraction of sp³-hybridized carbons (Fsp3) is 0.556. The van der Waals surface area contributed by atoms with E-state index in [0.717, 1.165) is 6.08 Å². The highest BCUT2D eigenvalue weighted by molar-refractivity contribution is 6.01. The second-order valence-corrected chi connectivity index (χ2v) is 3.82. The molecule has 0 bridgehead atoms. The Morgan fingerprint density at radius 2 is 1.69 bits per heavy atom. The van der Waals surface area contributed by atoms with Gasteiger partial charge in [-0.1, -0.05) is 20.8 Å². The number of carbonyl (C=O) groups is 2. The van der Waals surface area contributed by atoms with E-state index >= 15 is 0 Å². The molecule has 0 aliphatic carbocycles. The van der Waals surface area contributed by atoms with Gasteiger partial charge in [0.15, 0.2) is 5.78 Å². The Morgan fingerprint density at radius 1 is 1.23 bits per heavy atom. The van der Waals surface area contributed by atoms with E-state index in [0.29, 0.717) is 0 Å². The summed E-state index contributed by atoms with van der Waals surface area (Å²) < 4.78 is 0. The van der Waals surface area contributed by atoms with Crippen molar-refractivity contribution in [3.8, 4) is 0 Å². The topological polar surface area (TPSA) is 74.6 Å². The summed E-state index contributed by atoms with van der Waals surface area (Å²) in [4.78, 5) is 21.0. The number of carboxylic acids is 1. The fourth-order valence-corrected chi connectivity index (χ4v) is 0.569. The first-order valence-electron chi connectivity index (χ1n) is 3.89. The Bertz CT molecular complexity index is 245. The van der Waals surface area contributed by atoms with Gasteiger partial charge in [-0.3, -0.25) is 9.59 Å². The Labute approximate surface area is 76.9 Å². The van der Waals surface area contributed by atoms with Crippen LogP contribution in [0.5, 0.6) is 0 Å². The standard InChI is InChI=1S/C9H14O4/c1-9(2,3)7(11)4-6(10)5-8(12)13/h4,11H,5H2,1-3H3,(H,12,13)/b7-4-. The maximum atomic E-state index is 10.9. The SMILES string of the molecule is CC(C)(C)/C(O)=C/C(=O)CC(=O)O. The second kappa shape index (κ2) is 4.07. The molecule has 0 aromatic rings. The lowest BCUT2D eigenvalue weighted by Gasteiger charge is -2.16. The number of carbonyl (C=O) groups excluding carboxylic acids is 1. The zero-order valence-corrected chi connectivity index (χ0v) is 8.00. The van der Waals surface area contributed by atoms with E-state index in [1.807, 2.05) is 0 Å². The molecular formula is C9H14O4. The molecule has 0 saturated carbocycles. The minimum absolute atomic E-state index is 0.0984. The average Bonchev–Trinajstić information content (AvgIpc) is 1.82. The Hall–Kier alpha value is -1.32. The van der Waals surface area contributed by atoms with Gasteiger partial charge in [-0.15, -0.1) is 0 Å². The summed E-state index contributed by atoms with van der Waals surface area (Å²) in [5, 5.41) is 17.6. The monoisotopic (exact) mass is 186 g/mol. The Kier molecular flexibility index (Phi) is 3.66. The van der Waals surface area contributed by atoms with Crippen molar-refractivity contribution in [1.29, 1.82) is 0 Å². The number of carboxylic acid groups (broad SMARTS) is 1. The molecule has 74 valence electrons. The van der Waals surface area contributed by atoms with E-state index in [-0.39, 0.29) is 5.76 Å². The quantitative estimate of drug-likeness (QED) is 0.398. The van der Waals surface area contributed by atoms with Gasteiger partial charge in [0.2, 0.25) is 0 Å². The van der Waals surface area contributed by atoms with E-state index in [2.05, 4.69) is 0 Å². The highest BCUT2D eigenvalue weighted by Crippen LogP contribution is 2.22. The van der Waals surface area contributed by atoms with Crippen molar-refractivity contribution in [2.45, 2.75) is 27.2 Å². The molecule has 0 rings (SSSR count). The molecule has 0 aliphatic heterocycles. The largest absolute Gasteiger partial charge is 0.512 e. The normalized spacial score (nSPS) is 12.7. The van der Waals surface area contributed by atoms with Crippen molar-refractivity contribution in [3.63, 3.8) is 0 Å². The molecule has 0 aliphatic rings. The highest BCUT2D eigenvalue weighted by Gasteiger charge is 2.17. The molecule has 4 heteroatoms. The van der Waals surface area contributed by atoms with E-state index in [1.165, 1.54) is 0 Å². The Balaban J connectivity index is 4.40. The van der Waals surface area contributed by atoms with Gasteiger partial charge in [-0.2, -0.15) is 0 Å². The number of ketones is 1. The van der Waals surface area contributed by atoms with Gasteiger partial charge < -0.3 is 10.2 Å². The van der Waals surface area contributed by atoms with Crippen LogP contribution in [0.25, 0.3) is 0 Å². The summed E-state index contributed by atoms with van der Waals surface area (Å²) in [6, 6.07) is 0. The molecule has 4 nitrogen and oxygen atoms in total. The lowest BCUT2D eigenvalue weighted by molar-refractivity contribution is -0.139. The van der Waals surface area contributed by atoms with Crippen molar-refractivity contribution in [2.75, 3.05) is 0 Å². The van der Waals surface area contributed by atoms with Gasteiger partial charge >= 0.3 is 5.97 Å². The minimum Gasteiger partial charge on any atom is -0.512 e. The lowest BCUT2D eigenvalue weighted by Crippen LogP contribution is -2.12. The summed E-state index contributed by atoms with van der Waals surface area (Å²) in [5.41, 5.74) is -0.520. The predicted molar refractivity (Wildman–Crippen MR) is 47.4 cm³/mol. The third-order valence-corrected chi connectivity index (χ3v) is 1.39. The summed E-state index contributed by atoms with van der Waals surface area (Å²) >= 11 is 0. The van der Waals surface area contributed by atoms with Crippen LogP contribution in [0, 0.1) is 5.41 Å². The van der Waals surface area contributed by atoms with Crippen LogP contribution >= 0.6 is 0 Å². The van der Waals surface area contributed by atoms with Crippen LogP contribution in [0.3, 0.4) is 0 Å².